The number of hydrogen-bond donors (Lipinski definition) is 6. The lowest BCUT2D eigenvalue weighted by molar-refractivity contribution is -0.305. The van der Waals surface area contributed by atoms with Gasteiger partial charge in [-0.1, -0.05) is 196 Å². The number of carbonyl (C=O) groups is 2. The molecule has 1 aliphatic rings. The third-order valence-corrected chi connectivity index (χ3v) is 11.9. The van der Waals surface area contributed by atoms with Crippen molar-refractivity contribution >= 4 is 11.9 Å². The van der Waals surface area contributed by atoms with Crippen LogP contribution >= 0.6 is 0 Å². The molecule has 0 radical (unpaired) electrons. The van der Waals surface area contributed by atoms with Crippen LogP contribution in [0.25, 0.3) is 0 Å². The van der Waals surface area contributed by atoms with Gasteiger partial charge in [0.15, 0.2) is 12.4 Å². The molecule has 0 aromatic rings. The molecular formula is C56H95NO10. The number of hydrogen-bond acceptors (Lipinski definition) is 10. The first-order chi connectivity index (χ1) is 32.7. The Balaban J connectivity index is 2.81. The Morgan fingerprint density at radius 3 is 1.78 bits per heavy atom. The number of esters is 1. The summed E-state index contributed by atoms with van der Waals surface area (Å²) in [4.78, 5) is 26.3. The van der Waals surface area contributed by atoms with E-state index in [0.29, 0.717) is 12.8 Å². The maximum atomic E-state index is 13.3. The van der Waals surface area contributed by atoms with E-state index in [1.165, 1.54) is 44.9 Å². The minimum absolute atomic E-state index is 0.0908. The minimum atomic E-state index is -1.63. The molecule has 1 heterocycles. The molecular weight excluding hydrogens is 847 g/mol. The number of aliphatic hydroxyl groups is 5. The molecule has 1 aliphatic heterocycles. The summed E-state index contributed by atoms with van der Waals surface area (Å²) in [6.07, 6.45) is 44.9. The molecule has 67 heavy (non-hydrogen) atoms. The van der Waals surface area contributed by atoms with E-state index in [2.05, 4.69) is 74.7 Å². The van der Waals surface area contributed by atoms with Gasteiger partial charge in [0.05, 0.1) is 25.4 Å². The molecule has 0 aromatic carbocycles. The maximum Gasteiger partial charge on any atom is 0.306 e. The van der Waals surface area contributed by atoms with Gasteiger partial charge in [0.2, 0.25) is 5.91 Å². The molecule has 11 nitrogen and oxygen atoms in total. The average Bonchev–Trinajstić information content (AvgIpc) is 3.32. The lowest BCUT2D eigenvalue weighted by Crippen LogP contribution is -2.61. The van der Waals surface area contributed by atoms with Crippen molar-refractivity contribution in [3.8, 4) is 0 Å². The molecule has 6 N–H and O–H groups in total. The fourth-order valence-electron chi connectivity index (χ4n) is 7.66. The van der Waals surface area contributed by atoms with E-state index < -0.39 is 67.4 Å². The predicted molar refractivity (Wildman–Crippen MR) is 273 cm³/mol. The van der Waals surface area contributed by atoms with Gasteiger partial charge in [-0.3, -0.25) is 9.59 Å². The molecule has 0 aliphatic carbocycles. The van der Waals surface area contributed by atoms with Gasteiger partial charge in [0.1, 0.15) is 24.4 Å². The number of amides is 1. The first kappa shape index (κ1) is 61.9. The van der Waals surface area contributed by atoms with Gasteiger partial charge in [0.25, 0.3) is 0 Å². The van der Waals surface area contributed by atoms with Crippen LogP contribution in [0, 0.1) is 0 Å². The van der Waals surface area contributed by atoms with E-state index in [9.17, 15) is 35.1 Å². The normalized spacial score (nSPS) is 20.7. The van der Waals surface area contributed by atoms with Crippen molar-refractivity contribution in [3.63, 3.8) is 0 Å². The molecule has 384 valence electrons. The number of nitrogens with one attached hydrogen (secondary N) is 1. The van der Waals surface area contributed by atoms with E-state index in [-0.39, 0.29) is 19.4 Å². The molecule has 0 spiro atoms. The van der Waals surface area contributed by atoms with Crippen molar-refractivity contribution in [1.82, 2.24) is 5.32 Å². The van der Waals surface area contributed by atoms with Crippen LogP contribution in [-0.4, -0.2) is 99.6 Å². The van der Waals surface area contributed by atoms with Crippen molar-refractivity contribution in [2.75, 3.05) is 13.2 Å². The summed E-state index contributed by atoms with van der Waals surface area (Å²) in [6, 6.07) is -1.04. The highest BCUT2D eigenvalue weighted by Crippen LogP contribution is 2.26. The van der Waals surface area contributed by atoms with Crippen LogP contribution in [0.5, 0.6) is 0 Å². The summed E-state index contributed by atoms with van der Waals surface area (Å²) in [5.74, 6) is -1.25. The fraction of sp³-hybridized carbons (Fsp3) is 0.714. The molecule has 0 bridgehead atoms. The van der Waals surface area contributed by atoms with Gasteiger partial charge < -0.3 is 45.1 Å². The van der Waals surface area contributed by atoms with Crippen molar-refractivity contribution < 1.29 is 49.3 Å². The van der Waals surface area contributed by atoms with Crippen molar-refractivity contribution in [3.05, 3.63) is 85.1 Å². The molecule has 8 atom stereocenters. The quantitative estimate of drug-likeness (QED) is 0.0150. The minimum Gasteiger partial charge on any atom is -0.454 e. The van der Waals surface area contributed by atoms with Crippen LogP contribution in [0.1, 0.15) is 194 Å². The monoisotopic (exact) mass is 942 g/mol. The van der Waals surface area contributed by atoms with Crippen molar-refractivity contribution in [2.45, 2.75) is 243 Å². The van der Waals surface area contributed by atoms with E-state index in [4.69, 9.17) is 14.2 Å². The zero-order valence-electron chi connectivity index (χ0n) is 42.0. The Hall–Kier alpha value is -3.16. The third-order valence-electron chi connectivity index (χ3n) is 11.9. The summed E-state index contributed by atoms with van der Waals surface area (Å²) in [5, 5.41) is 56.6. The highest BCUT2D eigenvalue weighted by molar-refractivity contribution is 5.80. The SMILES string of the molecule is CC/C=C/C=C/C=C\CCCCCCC(O)C(=O)NC(COC1OC(CO)C(O)C(O)C1OC(=O)CCCCCC/C=C/C/C=C/C/C=C/CC)C(O)/C=C/CCCCCCCCCCCC. The molecule has 0 saturated carbocycles. The third kappa shape index (κ3) is 33.1. The Kier molecular flexibility index (Phi) is 40.7. The standard InChI is InChI=1S/C56H95NO10/c1-4-7-10-13-16-19-22-25-26-29-32-35-38-41-44-51(61)67-54-53(63)52(62)50(45-58)66-56(54)65-46-47(48(59)42-39-36-33-30-27-23-20-17-14-11-8-5-2)57-55(64)49(60)43-40-37-34-31-28-24-21-18-15-12-9-6-3/h7,9-10,12,15-16,18-19,21,24-26,39,42,47-50,52-54,56,58-60,62-63H,4-6,8,11,13-14,17,20,22-23,27-38,40-41,43-46H2,1-3H3,(H,57,64)/b10-7+,12-9+,18-15+,19-16+,24-21-,26-25+,42-39+. The molecule has 1 rings (SSSR count). The Morgan fingerprint density at radius 1 is 0.612 bits per heavy atom. The molecule has 1 fully saturated rings. The van der Waals surface area contributed by atoms with E-state index in [1.807, 2.05) is 30.4 Å². The number of carbonyl (C=O) groups excluding carboxylic acids is 2. The summed E-state index contributed by atoms with van der Waals surface area (Å²) < 4.78 is 17.5. The smallest absolute Gasteiger partial charge is 0.306 e. The molecule has 1 amide bonds. The zero-order chi connectivity index (χ0) is 49.0. The molecule has 11 heteroatoms. The van der Waals surface area contributed by atoms with Crippen molar-refractivity contribution in [1.29, 1.82) is 0 Å². The zero-order valence-corrected chi connectivity index (χ0v) is 42.0. The van der Waals surface area contributed by atoms with E-state index in [1.54, 1.807) is 6.08 Å². The average molecular weight is 942 g/mol. The van der Waals surface area contributed by atoms with Gasteiger partial charge in [-0.25, -0.2) is 0 Å². The van der Waals surface area contributed by atoms with Gasteiger partial charge >= 0.3 is 5.97 Å². The highest BCUT2D eigenvalue weighted by Gasteiger charge is 2.47. The summed E-state index contributed by atoms with van der Waals surface area (Å²) in [7, 11) is 0. The van der Waals surface area contributed by atoms with E-state index in [0.717, 1.165) is 103 Å². The largest absolute Gasteiger partial charge is 0.454 e. The Morgan fingerprint density at radius 2 is 1.15 bits per heavy atom. The van der Waals surface area contributed by atoms with Crippen LogP contribution in [0.4, 0.5) is 0 Å². The first-order valence-electron chi connectivity index (χ1n) is 26.4. The van der Waals surface area contributed by atoms with Gasteiger partial charge in [-0.2, -0.15) is 0 Å². The Labute approximate surface area is 406 Å². The van der Waals surface area contributed by atoms with Crippen LogP contribution < -0.4 is 5.32 Å². The van der Waals surface area contributed by atoms with Crippen LogP contribution in [0.15, 0.2) is 85.1 Å². The van der Waals surface area contributed by atoms with Crippen LogP contribution in [0.2, 0.25) is 0 Å². The highest BCUT2D eigenvalue weighted by atomic mass is 16.7. The maximum absolute atomic E-state index is 13.3. The van der Waals surface area contributed by atoms with E-state index >= 15 is 0 Å². The van der Waals surface area contributed by atoms with Crippen LogP contribution in [0.3, 0.4) is 0 Å². The summed E-state index contributed by atoms with van der Waals surface area (Å²) in [5.41, 5.74) is 0. The lowest BCUT2D eigenvalue weighted by Gasteiger charge is -2.41. The fourth-order valence-corrected chi connectivity index (χ4v) is 7.66. The summed E-state index contributed by atoms with van der Waals surface area (Å²) in [6.45, 7) is 5.47. The van der Waals surface area contributed by atoms with Crippen LogP contribution in [-0.2, 0) is 23.8 Å². The van der Waals surface area contributed by atoms with Gasteiger partial charge in [-0.15, -0.1) is 0 Å². The number of unbranched alkanes of at least 4 members (excludes halogenated alkanes) is 18. The number of aliphatic hydroxyl groups excluding tert-OH is 5. The lowest BCUT2D eigenvalue weighted by atomic mass is 9.99. The number of rotatable bonds is 42. The second kappa shape index (κ2) is 44.1. The van der Waals surface area contributed by atoms with Gasteiger partial charge in [0, 0.05) is 6.42 Å². The second-order valence-corrected chi connectivity index (χ2v) is 17.9. The topological polar surface area (TPSA) is 175 Å². The van der Waals surface area contributed by atoms with Crippen molar-refractivity contribution in [2.24, 2.45) is 0 Å². The predicted octanol–water partition coefficient (Wildman–Crippen LogP) is 11.0. The molecule has 0 aromatic heterocycles. The summed E-state index contributed by atoms with van der Waals surface area (Å²) >= 11 is 0. The Bertz CT molecular complexity index is 1410. The number of ether oxygens (including phenoxy) is 3. The van der Waals surface area contributed by atoms with Gasteiger partial charge in [-0.05, 0) is 77.0 Å². The number of allylic oxidation sites excluding steroid dienone is 13. The molecule has 8 unspecified atom stereocenters. The molecule has 1 saturated heterocycles. The second-order valence-electron chi connectivity index (χ2n) is 17.9. The first-order valence-corrected chi connectivity index (χ1v) is 26.4.